The maximum atomic E-state index is 12.3. The van der Waals surface area contributed by atoms with E-state index in [1.165, 1.54) is 25.9 Å². The fraction of sp³-hybridized carbons (Fsp3) is 0.529. The highest BCUT2D eigenvalue weighted by atomic mass is 35.5. The number of ether oxygens (including phenoxy) is 1. The van der Waals surface area contributed by atoms with E-state index in [0.717, 1.165) is 6.54 Å². The lowest BCUT2D eigenvalue weighted by atomic mass is 9.84. The predicted octanol–water partition coefficient (Wildman–Crippen LogP) is 2.44. The van der Waals surface area contributed by atoms with Crippen LogP contribution in [0.4, 0.5) is 0 Å². The third-order valence-electron chi connectivity index (χ3n) is 4.69. The van der Waals surface area contributed by atoms with Gasteiger partial charge >= 0.3 is 0 Å². The van der Waals surface area contributed by atoms with Crippen molar-refractivity contribution in [2.24, 2.45) is 5.92 Å². The summed E-state index contributed by atoms with van der Waals surface area (Å²) < 4.78 is 5.37. The first-order valence-electron chi connectivity index (χ1n) is 8.33. The van der Waals surface area contributed by atoms with Crippen molar-refractivity contribution in [2.75, 3.05) is 26.2 Å². The van der Waals surface area contributed by atoms with Gasteiger partial charge < -0.3 is 15.0 Å². The molecule has 0 spiro atoms. The Morgan fingerprint density at radius 2 is 2.17 bits per heavy atom. The summed E-state index contributed by atoms with van der Waals surface area (Å²) in [6.07, 6.45) is 2.39. The molecule has 2 bridgehead atoms. The Balaban J connectivity index is 1.56. The number of nitrogens with zero attached hydrogens (tertiary/aromatic N) is 1. The molecular weight excluding hydrogens is 346 g/mol. The normalized spacial score (nSPS) is 25.2. The molecule has 1 amide bonds. The first kappa shape index (κ1) is 17.5. The molecule has 130 valence electrons. The molecule has 3 fully saturated rings. The molecular formula is C17H22ClN3O2S. The third-order valence-corrected chi connectivity index (χ3v) is 5.21. The Morgan fingerprint density at radius 3 is 2.75 bits per heavy atom. The Bertz CT molecular complexity index is 632. The highest BCUT2D eigenvalue weighted by molar-refractivity contribution is 7.80. The number of benzene rings is 1. The van der Waals surface area contributed by atoms with Crippen molar-refractivity contribution in [1.82, 2.24) is 15.5 Å². The van der Waals surface area contributed by atoms with Gasteiger partial charge in [-0.05, 0) is 69.2 Å². The molecule has 3 aliphatic rings. The van der Waals surface area contributed by atoms with Crippen molar-refractivity contribution in [3.05, 3.63) is 28.8 Å². The van der Waals surface area contributed by atoms with Gasteiger partial charge in [-0.25, -0.2) is 0 Å². The molecule has 7 heteroatoms. The Morgan fingerprint density at radius 1 is 1.42 bits per heavy atom. The number of nitrogens with one attached hydrogen (secondary N) is 2. The van der Waals surface area contributed by atoms with Crippen LogP contribution in [0.3, 0.4) is 0 Å². The molecule has 0 aromatic heterocycles. The van der Waals surface area contributed by atoms with E-state index in [0.29, 0.717) is 40.0 Å². The number of carbonyl (C=O) groups is 1. The fourth-order valence-corrected chi connectivity index (χ4v) is 3.90. The Hall–Kier alpha value is -1.37. The molecule has 0 aliphatic carbocycles. The predicted molar refractivity (Wildman–Crippen MR) is 98.8 cm³/mol. The van der Waals surface area contributed by atoms with Gasteiger partial charge in [0.15, 0.2) is 5.11 Å². The van der Waals surface area contributed by atoms with Gasteiger partial charge in [0, 0.05) is 18.2 Å². The molecule has 3 heterocycles. The number of hydrogen-bond donors (Lipinski definition) is 2. The van der Waals surface area contributed by atoms with E-state index >= 15 is 0 Å². The number of rotatable bonds is 4. The van der Waals surface area contributed by atoms with Gasteiger partial charge in [-0.2, -0.15) is 0 Å². The number of halogens is 1. The number of fused-ring (bicyclic) bond motifs is 3. The van der Waals surface area contributed by atoms with Crippen molar-refractivity contribution in [3.8, 4) is 5.75 Å². The maximum absolute atomic E-state index is 12.3. The van der Waals surface area contributed by atoms with E-state index in [4.69, 9.17) is 28.6 Å². The second kappa shape index (κ2) is 7.68. The maximum Gasteiger partial charge on any atom is 0.257 e. The molecule has 1 aromatic carbocycles. The summed E-state index contributed by atoms with van der Waals surface area (Å²) in [5.41, 5.74) is 0.460. The minimum absolute atomic E-state index is 0.265. The highest BCUT2D eigenvalue weighted by Gasteiger charge is 2.34. The smallest absolute Gasteiger partial charge is 0.257 e. The standard InChI is InChI=1S/C17H22ClN3O2S/c1-2-23-15-4-3-12(9-13(15)18)16(22)20-17(24)19-14-10-21-7-5-11(14)6-8-21/h3-4,9,11,14H,2,5-8,10H2,1H3,(H2,19,20,22,24). The van der Waals surface area contributed by atoms with Gasteiger partial charge in [0.1, 0.15) is 5.75 Å². The summed E-state index contributed by atoms with van der Waals surface area (Å²) in [7, 11) is 0. The van der Waals surface area contributed by atoms with Crippen LogP contribution in [0.1, 0.15) is 30.1 Å². The quantitative estimate of drug-likeness (QED) is 0.800. The first-order chi connectivity index (χ1) is 11.6. The van der Waals surface area contributed by atoms with Crippen LogP contribution >= 0.6 is 23.8 Å². The number of hydrogen-bond acceptors (Lipinski definition) is 4. The summed E-state index contributed by atoms with van der Waals surface area (Å²) in [4.78, 5) is 14.8. The second-order valence-corrected chi connectivity index (χ2v) is 7.07. The lowest BCUT2D eigenvalue weighted by Gasteiger charge is -2.45. The van der Waals surface area contributed by atoms with Crippen molar-refractivity contribution >= 4 is 34.8 Å². The zero-order valence-corrected chi connectivity index (χ0v) is 15.3. The van der Waals surface area contributed by atoms with Crippen LogP contribution < -0.4 is 15.4 Å². The number of amides is 1. The van der Waals surface area contributed by atoms with Gasteiger partial charge in [0.05, 0.1) is 11.6 Å². The lowest BCUT2D eigenvalue weighted by Crippen LogP contribution is -2.59. The molecule has 1 aromatic rings. The van der Waals surface area contributed by atoms with Crippen molar-refractivity contribution < 1.29 is 9.53 Å². The Kier molecular flexibility index (Phi) is 5.58. The molecule has 0 radical (unpaired) electrons. The summed E-state index contributed by atoms with van der Waals surface area (Å²) >= 11 is 11.4. The molecule has 3 aliphatic heterocycles. The van der Waals surface area contributed by atoms with E-state index in [1.807, 2.05) is 6.92 Å². The van der Waals surface area contributed by atoms with Crippen LogP contribution in [-0.4, -0.2) is 48.2 Å². The number of thiocarbonyl (C=S) groups is 1. The largest absolute Gasteiger partial charge is 0.492 e. The molecule has 3 saturated heterocycles. The molecule has 1 atom stereocenters. The summed E-state index contributed by atoms with van der Waals surface area (Å²) in [6, 6.07) is 5.30. The summed E-state index contributed by atoms with van der Waals surface area (Å²) in [6.45, 7) is 5.75. The average Bonchev–Trinajstić information content (AvgIpc) is 2.57. The van der Waals surface area contributed by atoms with Gasteiger partial charge in [0.2, 0.25) is 0 Å². The lowest BCUT2D eigenvalue weighted by molar-refractivity contribution is 0.0807. The average molecular weight is 368 g/mol. The molecule has 1 unspecified atom stereocenters. The van der Waals surface area contributed by atoms with Crippen LogP contribution in [-0.2, 0) is 0 Å². The van der Waals surface area contributed by atoms with Crippen molar-refractivity contribution in [3.63, 3.8) is 0 Å². The topological polar surface area (TPSA) is 53.6 Å². The Labute approximate surface area is 152 Å². The van der Waals surface area contributed by atoms with Crippen LogP contribution in [0.15, 0.2) is 18.2 Å². The van der Waals surface area contributed by atoms with Crippen LogP contribution in [0.2, 0.25) is 5.02 Å². The fourth-order valence-electron chi connectivity index (χ4n) is 3.42. The highest BCUT2D eigenvalue weighted by Crippen LogP contribution is 2.27. The number of piperidine rings is 3. The van der Waals surface area contributed by atoms with Gasteiger partial charge in [-0.15, -0.1) is 0 Å². The van der Waals surface area contributed by atoms with Crippen molar-refractivity contribution in [2.45, 2.75) is 25.8 Å². The molecule has 24 heavy (non-hydrogen) atoms. The summed E-state index contributed by atoms with van der Waals surface area (Å²) in [5, 5.41) is 6.84. The minimum atomic E-state index is -0.265. The molecule has 5 nitrogen and oxygen atoms in total. The zero-order chi connectivity index (χ0) is 17.1. The molecule has 4 rings (SSSR count). The third kappa shape index (κ3) is 3.99. The van der Waals surface area contributed by atoms with E-state index in [1.54, 1.807) is 18.2 Å². The molecule has 2 N–H and O–H groups in total. The number of carbonyl (C=O) groups excluding carboxylic acids is 1. The van der Waals surface area contributed by atoms with E-state index in [9.17, 15) is 4.79 Å². The SMILES string of the molecule is CCOc1ccc(C(=O)NC(=S)NC2CN3CCC2CC3)cc1Cl. The molecule has 0 saturated carbocycles. The van der Waals surface area contributed by atoms with E-state index in [-0.39, 0.29) is 5.91 Å². The van der Waals surface area contributed by atoms with Crippen LogP contribution in [0.5, 0.6) is 5.75 Å². The van der Waals surface area contributed by atoms with Crippen molar-refractivity contribution in [1.29, 1.82) is 0 Å². The summed E-state index contributed by atoms with van der Waals surface area (Å²) in [5.74, 6) is 0.951. The zero-order valence-electron chi connectivity index (χ0n) is 13.7. The van der Waals surface area contributed by atoms with Gasteiger partial charge in [-0.1, -0.05) is 11.6 Å². The van der Waals surface area contributed by atoms with E-state index in [2.05, 4.69) is 15.5 Å². The van der Waals surface area contributed by atoms with Gasteiger partial charge in [-0.3, -0.25) is 10.1 Å². The van der Waals surface area contributed by atoms with E-state index < -0.39 is 0 Å². The van der Waals surface area contributed by atoms with Crippen LogP contribution in [0.25, 0.3) is 0 Å². The second-order valence-electron chi connectivity index (χ2n) is 6.25. The first-order valence-corrected chi connectivity index (χ1v) is 9.12. The van der Waals surface area contributed by atoms with Gasteiger partial charge in [0.25, 0.3) is 5.91 Å². The minimum Gasteiger partial charge on any atom is -0.492 e. The van der Waals surface area contributed by atoms with Crippen LogP contribution in [0, 0.1) is 5.92 Å². The monoisotopic (exact) mass is 367 g/mol.